The highest BCUT2D eigenvalue weighted by atomic mass is 16.5. The summed E-state index contributed by atoms with van der Waals surface area (Å²) >= 11 is 0. The van der Waals surface area contributed by atoms with Crippen LogP contribution in [0.25, 0.3) is 0 Å². The molecule has 2 N–H and O–H groups in total. The van der Waals surface area contributed by atoms with Crippen molar-refractivity contribution in [3.05, 3.63) is 34.9 Å². The zero-order valence-electron chi connectivity index (χ0n) is 13.9. The van der Waals surface area contributed by atoms with Crippen molar-refractivity contribution in [3.8, 4) is 0 Å². The van der Waals surface area contributed by atoms with E-state index in [4.69, 9.17) is 10.5 Å². The lowest BCUT2D eigenvalue weighted by Gasteiger charge is -2.32. The number of hydrogen-bond acceptors (Lipinski definition) is 4. The number of hydrogen-bond donors (Lipinski definition) is 1. The van der Waals surface area contributed by atoms with Gasteiger partial charge in [0, 0.05) is 45.3 Å². The maximum absolute atomic E-state index is 6.08. The zero-order valence-corrected chi connectivity index (χ0v) is 13.9. The van der Waals surface area contributed by atoms with Crippen molar-refractivity contribution < 1.29 is 4.74 Å². The molecule has 2 unspecified atom stereocenters. The molecule has 0 aromatic heterocycles. The van der Waals surface area contributed by atoms with Crippen LogP contribution in [0.15, 0.2) is 18.2 Å². The molecule has 1 aromatic carbocycles. The van der Waals surface area contributed by atoms with Crippen LogP contribution in [0, 0.1) is 12.8 Å². The first-order chi connectivity index (χ1) is 10.7. The molecule has 3 rings (SSSR count). The fraction of sp³-hybridized carbons (Fsp3) is 0.667. The number of morpholine rings is 1. The molecule has 0 amide bonds. The van der Waals surface area contributed by atoms with Crippen molar-refractivity contribution in [2.45, 2.75) is 26.4 Å². The maximum Gasteiger partial charge on any atom is 0.0594 e. The molecular formula is C18H29N3O. The van der Waals surface area contributed by atoms with E-state index in [0.717, 1.165) is 45.9 Å². The van der Waals surface area contributed by atoms with Gasteiger partial charge in [0.1, 0.15) is 0 Å². The number of nitrogens with two attached hydrogens (primary N) is 1. The van der Waals surface area contributed by atoms with Crippen LogP contribution in [0.2, 0.25) is 0 Å². The number of fused-ring (bicyclic) bond motifs is 1. The number of aryl methyl sites for hydroxylation is 1. The Morgan fingerprint density at radius 3 is 2.77 bits per heavy atom. The Bertz CT molecular complexity index is 499. The SMILES string of the molecule is Cc1cccc2c1CN(CC(C)CN1CCOCC1)C2CN. The standard InChI is InChI=1S/C18H29N3O/c1-14(11-20-6-8-22-9-7-20)12-21-13-17-15(2)4-3-5-16(17)18(21)10-19/h3-5,14,18H,6-13,19H2,1-2H3. The normalized spacial score (nSPS) is 24.4. The number of ether oxygens (including phenoxy) is 1. The van der Waals surface area contributed by atoms with Gasteiger partial charge in [-0.05, 0) is 29.5 Å². The molecule has 2 aliphatic rings. The zero-order chi connectivity index (χ0) is 15.5. The van der Waals surface area contributed by atoms with Gasteiger partial charge in [0.15, 0.2) is 0 Å². The largest absolute Gasteiger partial charge is 0.379 e. The Hall–Kier alpha value is -0.940. The van der Waals surface area contributed by atoms with Crippen molar-refractivity contribution in [2.75, 3.05) is 45.9 Å². The summed E-state index contributed by atoms with van der Waals surface area (Å²) in [7, 11) is 0. The summed E-state index contributed by atoms with van der Waals surface area (Å²) in [5.74, 6) is 0.654. The van der Waals surface area contributed by atoms with Gasteiger partial charge in [-0.25, -0.2) is 0 Å². The second-order valence-corrected chi connectivity index (χ2v) is 6.84. The molecular weight excluding hydrogens is 274 g/mol. The third-order valence-corrected chi connectivity index (χ3v) is 5.05. The molecule has 2 atom stereocenters. The molecule has 4 heteroatoms. The quantitative estimate of drug-likeness (QED) is 0.900. The van der Waals surface area contributed by atoms with Crippen LogP contribution in [0.4, 0.5) is 0 Å². The van der Waals surface area contributed by atoms with Gasteiger partial charge in [-0.2, -0.15) is 0 Å². The van der Waals surface area contributed by atoms with Crippen LogP contribution in [-0.2, 0) is 11.3 Å². The first-order valence-electron chi connectivity index (χ1n) is 8.51. The second kappa shape index (κ2) is 7.09. The van der Waals surface area contributed by atoms with Gasteiger partial charge in [0.05, 0.1) is 13.2 Å². The lowest BCUT2D eigenvalue weighted by molar-refractivity contribution is 0.0279. The molecule has 122 valence electrons. The highest BCUT2D eigenvalue weighted by Crippen LogP contribution is 2.35. The van der Waals surface area contributed by atoms with E-state index in [1.807, 2.05) is 0 Å². The molecule has 2 aliphatic heterocycles. The maximum atomic E-state index is 6.08. The summed E-state index contributed by atoms with van der Waals surface area (Å²) in [4.78, 5) is 5.10. The summed E-state index contributed by atoms with van der Waals surface area (Å²) in [6.45, 7) is 12.5. The molecule has 2 heterocycles. The van der Waals surface area contributed by atoms with Crippen molar-refractivity contribution >= 4 is 0 Å². The van der Waals surface area contributed by atoms with Gasteiger partial charge in [-0.3, -0.25) is 9.80 Å². The van der Waals surface area contributed by atoms with Crippen LogP contribution < -0.4 is 5.73 Å². The van der Waals surface area contributed by atoms with Gasteiger partial charge in [0.25, 0.3) is 0 Å². The van der Waals surface area contributed by atoms with E-state index >= 15 is 0 Å². The molecule has 4 nitrogen and oxygen atoms in total. The van der Waals surface area contributed by atoms with Gasteiger partial charge < -0.3 is 10.5 Å². The number of nitrogens with zero attached hydrogens (tertiary/aromatic N) is 2. The summed E-state index contributed by atoms with van der Waals surface area (Å²) in [6.07, 6.45) is 0. The Morgan fingerprint density at radius 2 is 2.05 bits per heavy atom. The van der Waals surface area contributed by atoms with Crippen LogP contribution in [0.1, 0.15) is 29.7 Å². The monoisotopic (exact) mass is 303 g/mol. The van der Waals surface area contributed by atoms with Gasteiger partial charge in [0.2, 0.25) is 0 Å². The van der Waals surface area contributed by atoms with E-state index in [9.17, 15) is 0 Å². The van der Waals surface area contributed by atoms with Crippen LogP contribution >= 0.6 is 0 Å². The molecule has 0 bridgehead atoms. The second-order valence-electron chi connectivity index (χ2n) is 6.84. The molecule has 0 saturated carbocycles. The van der Waals surface area contributed by atoms with E-state index in [1.54, 1.807) is 0 Å². The molecule has 1 aromatic rings. The molecule has 0 radical (unpaired) electrons. The highest BCUT2D eigenvalue weighted by Gasteiger charge is 2.31. The fourth-order valence-corrected chi connectivity index (χ4v) is 3.91. The lowest BCUT2D eigenvalue weighted by atomic mass is 10.0. The van der Waals surface area contributed by atoms with Crippen LogP contribution in [0.3, 0.4) is 0 Å². The lowest BCUT2D eigenvalue weighted by Crippen LogP contribution is -2.41. The van der Waals surface area contributed by atoms with Gasteiger partial charge in [-0.1, -0.05) is 25.1 Å². The fourth-order valence-electron chi connectivity index (χ4n) is 3.91. The number of benzene rings is 1. The van der Waals surface area contributed by atoms with E-state index < -0.39 is 0 Å². The molecule has 1 saturated heterocycles. The molecule has 0 spiro atoms. The Kier molecular flexibility index (Phi) is 5.14. The predicted octanol–water partition coefficient (Wildman–Crippen LogP) is 1.78. The Balaban J connectivity index is 1.61. The van der Waals surface area contributed by atoms with E-state index in [0.29, 0.717) is 18.5 Å². The van der Waals surface area contributed by atoms with E-state index in [-0.39, 0.29) is 0 Å². The molecule has 22 heavy (non-hydrogen) atoms. The minimum absolute atomic E-state index is 0.391. The van der Waals surface area contributed by atoms with E-state index in [1.165, 1.54) is 16.7 Å². The third kappa shape index (κ3) is 3.35. The summed E-state index contributed by atoms with van der Waals surface area (Å²) < 4.78 is 5.44. The topological polar surface area (TPSA) is 41.7 Å². The van der Waals surface area contributed by atoms with Crippen molar-refractivity contribution in [3.63, 3.8) is 0 Å². The molecule has 1 fully saturated rings. The Labute approximate surface area is 134 Å². The van der Waals surface area contributed by atoms with E-state index in [2.05, 4.69) is 41.8 Å². The highest BCUT2D eigenvalue weighted by molar-refractivity contribution is 5.40. The summed E-state index contributed by atoms with van der Waals surface area (Å²) in [5.41, 5.74) is 10.4. The molecule has 0 aliphatic carbocycles. The van der Waals surface area contributed by atoms with Crippen LogP contribution in [0.5, 0.6) is 0 Å². The van der Waals surface area contributed by atoms with Crippen molar-refractivity contribution in [2.24, 2.45) is 11.7 Å². The van der Waals surface area contributed by atoms with Gasteiger partial charge >= 0.3 is 0 Å². The smallest absolute Gasteiger partial charge is 0.0594 e. The first kappa shape index (κ1) is 15.9. The third-order valence-electron chi connectivity index (χ3n) is 5.05. The average molecular weight is 303 g/mol. The van der Waals surface area contributed by atoms with Crippen molar-refractivity contribution in [1.82, 2.24) is 9.80 Å². The Morgan fingerprint density at radius 1 is 1.27 bits per heavy atom. The summed E-state index contributed by atoms with van der Waals surface area (Å²) in [6, 6.07) is 7.03. The minimum Gasteiger partial charge on any atom is -0.379 e. The number of rotatable bonds is 5. The van der Waals surface area contributed by atoms with Gasteiger partial charge in [-0.15, -0.1) is 0 Å². The minimum atomic E-state index is 0.391. The average Bonchev–Trinajstić information content (AvgIpc) is 2.86. The predicted molar refractivity (Wildman–Crippen MR) is 89.8 cm³/mol. The van der Waals surface area contributed by atoms with Crippen molar-refractivity contribution in [1.29, 1.82) is 0 Å². The summed E-state index contributed by atoms with van der Waals surface area (Å²) in [5, 5.41) is 0. The van der Waals surface area contributed by atoms with Crippen LogP contribution in [-0.4, -0.2) is 55.7 Å². The first-order valence-corrected chi connectivity index (χ1v) is 8.51.